The molecule has 1 aromatic carbocycles. The summed E-state index contributed by atoms with van der Waals surface area (Å²) in [7, 11) is 0. The van der Waals surface area contributed by atoms with Crippen molar-refractivity contribution in [1.82, 2.24) is 10.6 Å². The number of rotatable bonds is 6. The van der Waals surface area contributed by atoms with Crippen molar-refractivity contribution >= 4 is 29.5 Å². The summed E-state index contributed by atoms with van der Waals surface area (Å²) in [6.45, 7) is 1.46. The Bertz CT molecular complexity index is 617. The van der Waals surface area contributed by atoms with E-state index in [-0.39, 0.29) is 12.8 Å². The summed E-state index contributed by atoms with van der Waals surface area (Å²) in [5.41, 5.74) is 0.603. The molecule has 0 unspecified atom stereocenters. The Kier molecular flexibility index (Phi) is 5.29. The number of benzene rings is 1. The van der Waals surface area contributed by atoms with Crippen LogP contribution in [0.4, 0.5) is 10.5 Å². The maximum Gasteiger partial charge on any atom is 0.322 e. The van der Waals surface area contributed by atoms with Gasteiger partial charge in [-0.15, -0.1) is 0 Å². The van der Waals surface area contributed by atoms with Crippen molar-refractivity contribution in [3.63, 3.8) is 0 Å². The molecule has 0 aliphatic carbocycles. The first kappa shape index (κ1) is 16.5. The summed E-state index contributed by atoms with van der Waals surface area (Å²) in [5, 5.41) is 7.07. The lowest BCUT2D eigenvalue weighted by molar-refractivity contribution is -0.153. The second-order valence-corrected chi connectivity index (χ2v) is 5.04. The van der Waals surface area contributed by atoms with Gasteiger partial charge in [-0.1, -0.05) is 18.2 Å². The van der Waals surface area contributed by atoms with Crippen LogP contribution in [0.15, 0.2) is 30.3 Å². The van der Waals surface area contributed by atoms with E-state index in [0.29, 0.717) is 5.69 Å². The Hall–Kier alpha value is -2.90. The number of urea groups is 1. The minimum atomic E-state index is -0.963. The van der Waals surface area contributed by atoms with Gasteiger partial charge in [0.1, 0.15) is 6.04 Å². The molecule has 0 spiro atoms. The van der Waals surface area contributed by atoms with Gasteiger partial charge in [0, 0.05) is 12.1 Å². The molecule has 1 aromatic rings. The normalized spacial score (nSPS) is 17.9. The number of imide groups is 1. The van der Waals surface area contributed by atoms with Crippen LogP contribution in [0.25, 0.3) is 0 Å². The maximum atomic E-state index is 11.9. The zero-order valence-electron chi connectivity index (χ0n) is 12.5. The molecule has 1 aliphatic heterocycles. The first-order valence-electron chi connectivity index (χ1n) is 7.12. The van der Waals surface area contributed by atoms with E-state index in [1.165, 1.54) is 6.92 Å². The molecule has 122 valence electrons. The number of hydrogen-bond acceptors (Lipinski definition) is 5. The highest BCUT2D eigenvalue weighted by Crippen LogP contribution is 2.08. The molecule has 1 saturated heterocycles. The van der Waals surface area contributed by atoms with Gasteiger partial charge in [-0.25, -0.2) is 4.79 Å². The van der Waals surface area contributed by atoms with Gasteiger partial charge in [0.25, 0.3) is 11.8 Å². The fraction of sp³-hybridized carbons (Fsp3) is 0.333. The minimum Gasteiger partial charge on any atom is -0.453 e. The minimum absolute atomic E-state index is 0.0820. The second kappa shape index (κ2) is 7.39. The van der Waals surface area contributed by atoms with E-state index in [9.17, 15) is 19.2 Å². The molecule has 3 N–H and O–H groups in total. The predicted molar refractivity (Wildman–Crippen MR) is 80.3 cm³/mol. The molecular weight excluding hydrogens is 302 g/mol. The largest absolute Gasteiger partial charge is 0.453 e. The molecule has 0 saturated carbocycles. The van der Waals surface area contributed by atoms with Crippen LogP contribution in [0.1, 0.15) is 19.8 Å². The standard InChI is InChI=1S/C15H17N3O5/c1-9(13(20)16-10-5-3-2-4-6-10)23-12(19)8-7-11-14(21)18-15(22)17-11/h2-6,9,11H,7-8H2,1H3,(H,16,20)(H2,17,18,21,22)/t9-,11-/m1/s1. The molecule has 1 heterocycles. The second-order valence-electron chi connectivity index (χ2n) is 5.04. The summed E-state index contributed by atoms with van der Waals surface area (Å²) in [5.74, 6) is -1.54. The Morgan fingerprint density at radius 2 is 1.96 bits per heavy atom. The van der Waals surface area contributed by atoms with Crippen LogP contribution in [0.2, 0.25) is 0 Å². The summed E-state index contributed by atoms with van der Waals surface area (Å²) >= 11 is 0. The lowest BCUT2D eigenvalue weighted by Gasteiger charge is -2.14. The lowest BCUT2D eigenvalue weighted by Crippen LogP contribution is -2.32. The number of ether oxygens (including phenoxy) is 1. The summed E-state index contributed by atoms with van der Waals surface area (Å²) in [4.78, 5) is 45.9. The maximum absolute atomic E-state index is 11.9. The first-order valence-corrected chi connectivity index (χ1v) is 7.12. The van der Waals surface area contributed by atoms with Crippen molar-refractivity contribution in [2.75, 3.05) is 5.32 Å². The van der Waals surface area contributed by atoms with Crippen molar-refractivity contribution in [2.24, 2.45) is 0 Å². The van der Waals surface area contributed by atoms with Gasteiger partial charge in [0.2, 0.25) is 0 Å². The number of amides is 4. The van der Waals surface area contributed by atoms with Crippen LogP contribution in [-0.4, -0.2) is 36.0 Å². The van der Waals surface area contributed by atoms with Crippen LogP contribution in [0.3, 0.4) is 0 Å². The quantitative estimate of drug-likeness (QED) is 0.523. The van der Waals surface area contributed by atoms with Gasteiger partial charge in [-0.05, 0) is 25.5 Å². The van der Waals surface area contributed by atoms with Crippen molar-refractivity contribution in [3.8, 4) is 0 Å². The number of nitrogens with one attached hydrogen (secondary N) is 3. The first-order chi connectivity index (χ1) is 11.0. The van der Waals surface area contributed by atoms with Crippen molar-refractivity contribution < 1.29 is 23.9 Å². The van der Waals surface area contributed by atoms with Gasteiger partial charge >= 0.3 is 12.0 Å². The molecule has 2 atom stereocenters. The zero-order chi connectivity index (χ0) is 16.8. The highest BCUT2D eigenvalue weighted by Gasteiger charge is 2.30. The van der Waals surface area contributed by atoms with E-state index in [0.717, 1.165) is 0 Å². The number of anilines is 1. The number of carbonyl (C=O) groups excluding carboxylic acids is 4. The highest BCUT2D eigenvalue weighted by molar-refractivity contribution is 6.04. The van der Waals surface area contributed by atoms with Crippen molar-refractivity contribution in [3.05, 3.63) is 30.3 Å². The molecule has 1 aliphatic rings. The summed E-state index contributed by atoms with van der Waals surface area (Å²) in [6, 6.07) is 7.46. The number of hydrogen-bond donors (Lipinski definition) is 3. The number of esters is 1. The van der Waals surface area contributed by atoms with E-state index in [2.05, 4.69) is 16.0 Å². The van der Waals surface area contributed by atoms with Gasteiger partial charge < -0.3 is 15.4 Å². The molecule has 0 bridgehead atoms. The molecule has 4 amide bonds. The van der Waals surface area contributed by atoms with E-state index in [1.54, 1.807) is 24.3 Å². The molecule has 8 heteroatoms. The summed E-state index contributed by atoms with van der Waals surface area (Å²) in [6.07, 6.45) is -0.931. The van der Waals surface area contributed by atoms with Gasteiger partial charge in [-0.3, -0.25) is 19.7 Å². The fourth-order valence-corrected chi connectivity index (χ4v) is 2.00. The average molecular weight is 319 g/mol. The third kappa shape index (κ3) is 4.80. The van der Waals surface area contributed by atoms with Crippen LogP contribution in [-0.2, 0) is 19.1 Å². The Morgan fingerprint density at radius 3 is 2.57 bits per heavy atom. The van der Waals surface area contributed by atoms with Crippen LogP contribution < -0.4 is 16.0 Å². The van der Waals surface area contributed by atoms with E-state index >= 15 is 0 Å². The summed E-state index contributed by atoms with van der Waals surface area (Å²) < 4.78 is 5.01. The van der Waals surface area contributed by atoms with Gasteiger partial charge in [-0.2, -0.15) is 0 Å². The van der Waals surface area contributed by atoms with Crippen LogP contribution in [0, 0.1) is 0 Å². The lowest BCUT2D eigenvalue weighted by atomic mass is 10.1. The molecule has 0 aromatic heterocycles. The Balaban J connectivity index is 1.75. The molecular formula is C15H17N3O5. The van der Waals surface area contributed by atoms with E-state index in [1.807, 2.05) is 6.07 Å². The molecule has 1 fully saturated rings. The van der Waals surface area contributed by atoms with Crippen molar-refractivity contribution in [2.45, 2.75) is 31.9 Å². The Labute approximate surface area is 132 Å². The predicted octanol–water partition coefficient (Wildman–Crippen LogP) is 0.545. The molecule has 0 radical (unpaired) electrons. The molecule has 8 nitrogen and oxygen atoms in total. The third-order valence-corrected chi connectivity index (χ3v) is 3.21. The molecule has 2 rings (SSSR count). The monoisotopic (exact) mass is 319 g/mol. The topological polar surface area (TPSA) is 114 Å². The smallest absolute Gasteiger partial charge is 0.322 e. The van der Waals surface area contributed by atoms with Gasteiger partial charge in [0.15, 0.2) is 6.10 Å². The Morgan fingerprint density at radius 1 is 1.26 bits per heavy atom. The number of para-hydroxylation sites is 1. The molecule has 23 heavy (non-hydrogen) atoms. The average Bonchev–Trinajstić information content (AvgIpc) is 2.84. The van der Waals surface area contributed by atoms with E-state index < -0.39 is 36.0 Å². The highest BCUT2D eigenvalue weighted by atomic mass is 16.5. The number of carbonyl (C=O) groups is 4. The van der Waals surface area contributed by atoms with E-state index in [4.69, 9.17) is 4.74 Å². The fourth-order valence-electron chi connectivity index (χ4n) is 2.00. The van der Waals surface area contributed by atoms with Crippen molar-refractivity contribution in [1.29, 1.82) is 0 Å². The van der Waals surface area contributed by atoms with Crippen LogP contribution >= 0.6 is 0 Å². The van der Waals surface area contributed by atoms with Gasteiger partial charge in [0.05, 0.1) is 0 Å². The van der Waals surface area contributed by atoms with Crippen LogP contribution in [0.5, 0.6) is 0 Å². The third-order valence-electron chi connectivity index (χ3n) is 3.21. The SMILES string of the molecule is C[C@@H](OC(=O)CC[C@H]1NC(=O)NC1=O)C(=O)Nc1ccccc1. The zero-order valence-corrected chi connectivity index (χ0v) is 12.5.